The summed E-state index contributed by atoms with van der Waals surface area (Å²) in [7, 11) is 0. The Hall–Kier alpha value is -2.97. The molecule has 1 fully saturated rings. The van der Waals surface area contributed by atoms with Gasteiger partial charge in [0.1, 0.15) is 6.04 Å². The van der Waals surface area contributed by atoms with Crippen molar-refractivity contribution in [3.63, 3.8) is 0 Å². The van der Waals surface area contributed by atoms with Gasteiger partial charge >= 0.3 is 6.03 Å². The van der Waals surface area contributed by atoms with Crippen molar-refractivity contribution < 1.29 is 19.3 Å². The number of piperidine rings is 1. The fourth-order valence-electron chi connectivity index (χ4n) is 1.82. The lowest BCUT2D eigenvalue weighted by Crippen LogP contribution is -2.53. The summed E-state index contributed by atoms with van der Waals surface area (Å²) < 4.78 is 0. The number of anilines is 1. The highest BCUT2D eigenvalue weighted by Gasteiger charge is 2.27. The molecule has 1 unspecified atom stereocenters. The molecule has 0 aromatic heterocycles. The lowest BCUT2D eigenvalue weighted by molar-refractivity contribution is -0.384. The van der Waals surface area contributed by atoms with Gasteiger partial charge in [-0.3, -0.25) is 25.0 Å². The summed E-state index contributed by atoms with van der Waals surface area (Å²) in [5, 5.41) is 17.5. The Bertz CT molecular complexity index is 598. The topological polar surface area (TPSA) is 130 Å². The number of amides is 4. The van der Waals surface area contributed by atoms with E-state index < -0.39 is 22.9 Å². The molecule has 1 saturated heterocycles. The highest BCUT2D eigenvalue weighted by Crippen LogP contribution is 2.15. The molecule has 0 spiro atoms. The second-order valence-corrected chi connectivity index (χ2v) is 4.41. The van der Waals surface area contributed by atoms with Crippen LogP contribution in [0.15, 0.2) is 24.3 Å². The number of imide groups is 1. The summed E-state index contributed by atoms with van der Waals surface area (Å²) in [5.74, 6) is -0.918. The number of urea groups is 1. The lowest BCUT2D eigenvalue weighted by atomic mass is 10.1. The fourth-order valence-corrected chi connectivity index (χ4v) is 1.82. The maximum absolute atomic E-state index is 11.7. The highest BCUT2D eigenvalue weighted by molar-refractivity contribution is 6.02. The summed E-state index contributed by atoms with van der Waals surface area (Å²) in [6.45, 7) is 0. The van der Waals surface area contributed by atoms with Crippen LogP contribution in [0.2, 0.25) is 0 Å². The number of carbonyl (C=O) groups is 3. The smallest absolute Gasteiger partial charge is 0.319 e. The third-order valence-electron chi connectivity index (χ3n) is 2.88. The van der Waals surface area contributed by atoms with E-state index in [1.807, 2.05) is 0 Å². The molecular formula is C12H12N4O5. The zero-order valence-corrected chi connectivity index (χ0v) is 10.8. The average molecular weight is 292 g/mol. The molecule has 0 radical (unpaired) electrons. The van der Waals surface area contributed by atoms with E-state index in [0.29, 0.717) is 5.69 Å². The van der Waals surface area contributed by atoms with Crippen LogP contribution in [0.3, 0.4) is 0 Å². The van der Waals surface area contributed by atoms with E-state index in [4.69, 9.17) is 0 Å². The van der Waals surface area contributed by atoms with Gasteiger partial charge < -0.3 is 10.6 Å². The van der Waals surface area contributed by atoms with E-state index in [-0.39, 0.29) is 24.4 Å². The third kappa shape index (κ3) is 3.75. The average Bonchev–Trinajstić information content (AvgIpc) is 2.42. The molecule has 110 valence electrons. The van der Waals surface area contributed by atoms with Crippen molar-refractivity contribution in [2.45, 2.75) is 18.9 Å². The molecule has 1 aromatic rings. The summed E-state index contributed by atoms with van der Waals surface area (Å²) in [4.78, 5) is 44.1. The number of hydrogen-bond acceptors (Lipinski definition) is 5. The van der Waals surface area contributed by atoms with Crippen LogP contribution in [0.1, 0.15) is 12.8 Å². The molecule has 1 heterocycles. The Labute approximate surface area is 118 Å². The summed E-state index contributed by atoms with van der Waals surface area (Å²) in [5.41, 5.74) is 0.261. The SMILES string of the molecule is O=C1CCC(NC(=O)Nc2ccc([N+](=O)[O-])cc2)C(=O)N1. The molecule has 0 bridgehead atoms. The van der Waals surface area contributed by atoms with Crippen LogP contribution in [-0.2, 0) is 9.59 Å². The highest BCUT2D eigenvalue weighted by atomic mass is 16.6. The Balaban J connectivity index is 1.91. The van der Waals surface area contributed by atoms with Crippen LogP contribution >= 0.6 is 0 Å². The van der Waals surface area contributed by atoms with Gasteiger partial charge in [-0.2, -0.15) is 0 Å². The first-order valence-corrected chi connectivity index (χ1v) is 6.11. The van der Waals surface area contributed by atoms with Crippen molar-refractivity contribution in [2.75, 3.05) is 5.32 Å². The molecule has 9 nitrogen and oxygen atoms in total. The number of benzene rings is 1. The van der Waals surface area contributed by atoms with Gasteiger partial charge in [0.05, 0.1) is 4.92 Å². The molecule has 21 heavy (non-hydrogen) atoms. The fraction of sp³-hybridized carbons (Fsp3) is 0.250. The van der Waals surface area contributed by atoms with E-state index in [1.54, 1.807) is 0 Å². The number of nitro benzene ring substituents is 1. The van der Waals surface area contributed by atoms with Crippen LogP contribution in [0.4, 0.5) is 16.2 Å². The molecule has 1 aliphatic rings. The minimum Gasteiger partial charge on any atom is -0.326 e. The van der Waals surface area contributed by atoms with Crippen molar-refractivity contribution in [3.05, 3.63) is 34.4 Å². The first-order chi connectivity index (χ1) is 9.95. The number of non-ortho nitro benzene ring substituents is 1. The van der Waals surface area contributed by atoms with Crippen LogP contribution in [0.5, 0.6) is 0 Å². The van der Waals surface area contributed by atoms with Gasteiger partial charge in [0.25, 0.3) is 5.69 Å². The van der Waals surface area contributed by atoms with Crippen LogP contribution in [0, 0.1) is 10.1 Å². The number of nitrogens with one attached hydrogen (secondary N) is 3. The third-order valence-corrected chi connectivity index (χ3v) is 2.88. The van der Waals surface area contributed by atoms with Crippen molar-refractivity contribution in [2.24, 2.45) is 0 Å². The first kappa shape index (κ1) is 14.4. The molecule has 0 saturated carbocycles. The zero-order valence-electron chi connectivity index (χ0n) is 10.8. The lowest BCUT2D eigenvalue weighted by Gasteiger charge is -2.21. The van der Waals surface area contributed by atoms with Crippen molar-refractivity contribution in [3.8, 4) is 0 Å². The Kier molecular flexibility index (Phi) is 4.12. The maximum atomic E-state index is 11.7. The number of nitrogens with zero attached hydrogens (tertiary/aromatic N) is 1. The van der Waals surface area contributed by atoms with Crippen molar-refractivity contribution >= 4 is 29.2 Å². The minimum absolute atomic E-state index is 0.0915. The standard InChI is InChI=1S/C12H12N4O5/c17-10-6-5-9(11(18)15-10)14-12(19)13-7-1-3-8(4-2-7)16(20)21/h1-4,9H,5-6H2,(H2,13,14,19)(H,15,17,18). The number of nitro groups is 1. The molecule has 3 N–H and O–H groups in total. The van der Waals surface area contributed by atoms with Crippen LogP contribution in [0.25, 0.3) is 0 Å². The summed E-state index contributed by atoms with van der Waals surface area (Å²) in [6, 6.07) is 3.85. The molecule has 2 rings (SSSR count). The minimum atomic E-state index is -0.777. The Morgan fingerprint density at radius 1 is 1.29 bits per heavy atom. The molecule has 1 atom stereocenters. The normalized spacial score (nSPS) is 17.8. The van der Waals surface area contributed by atoms with Gasteiger partial charge in [-0.25, -0.2) is 4.79 Å². The molecule has 1 aliphatic heterocycles. The molecule has 9 heteroatoms. The van der Waals surface area contributed by atoms with Gasteiger partial charge in [0.15, 0.2) is 0 Å². The predicted molar refractivity (Wildman–Crippen MR) is 71.4 cm³/mol. The van der Waals surface area contributed by atoms with Crippen molar-refractivity contribution in [1.82, 2.24) is 10.6 Å². The van der Waals surface area contributed by atoms with Gasteiger partial charge in [0.2, 0.25) is 11.8 Å². The predicted octanol–water partition coefficient (Wildman–Crippen LogP) is 0.522. The van der Waals surface area contributed by atoms with Gasteiger partial charge in [-0.05, 0) is 18.6 Å². The van der Waals surface area contributed by atoms with E-state index in [0.717, 1.165) is 0 Å². The number of carbonyl (C=O) groups excluding carboxylic acids is 3. The summed E-state index contributed by atoms with van der Waals surface area (Å²) >= 11 is 0. The summed E-state index contributed by atoms with van der Waals surface area (Å²) in [6.07, 6.45) is 0.395. The molecule has 0 aliphatic carbocycles. The monoisotopic (exact) mass is 292 g/mol. The van der Waals surface area contributed by atoms with Crippen LogP contribution < -0.4 is 16.0 Å². The molecule has 4 amide bonds. The van der Waals surface area contributed by atoms with Gasteiger partial charge in [0, 0.05) is 24.2 Å². The molecule has 1 aromatic carbocycles. The van der Waals surface area contributed by atoms with Crippen LogP contribution in [-0.4, -0.2) is 28.8 Å². The maximum Gasteiger partial charge on any atom is 0.319 e. The van der Waals surface area contributed by atoms with E-state index >= 15 is 0 Å². The van der Waals surface area contributed by atoms with E-state index in [9.17, 15) is 24.5 Å². The Morgan fingerprint density at radius 3 is 2.52 bits per heavy atom. The largest absolute Gasteiger partial charge is 0.326 e. The first-order valence-electron chi connectivity index (χ1n) is 6.11. The zero-order chi connectivity index (χ0) is 15.4. The number of hydrogen-bond donors (Lipinski definition) is 3. The van der Waals surface area contributed by atoms with E-state index in [2.05, 4.69) is 16.0 Å². The quantitative estimate of drug-likeness (QED) is 0.424. The number of rotatable bonds is 3. The van der Waals surface area contributed by atoms with Gasteiger partial charge in [-0.1, -0.05) is 0 Å². The Morgan fingerprint density at radius 2 is 1.95 bits per heavy atom. The van der Waals surface area contributed by atoms with E-state index in [1.165, 1.54) is 24.3 Å². The van der Waals surface area contributed by atoms with Gasteiger partial charge in [-0.15, -0.1) is 0 Å². The van der Waals surface area contributed by atoms with Crippen molar-refractivity contribution in [1.29, 1.82) is 0 Å². The second-order valence-electron chi connectivity index (χ2n) is 4.41. The molecular weight excluding hydrogens is 280 g/mol. The second kappa shape index (κ2) is 5.99.